The maximum Gasteiger partial charge on any atom is 0.417 e. The number of imide groups is 1. The monoisotopic (exact) mass is 201 g/mol. The van der Waals surface area contributed by atoms with E-state index in [4.69, 9.17) is 9.84 Å². The smallest absolute Gasteiger partial charge is 0.417 e. The van der Waals surface area contributed by atoms with Crippen LogP contribution in [0.25, 0.3) is 0 Å². The molecule has 1 aliphatic rings. The highest BCUT2D eigenvalue weighted by Gasteiger charge is 2.35. The number of amides is 2. The van der Waals surface area contributed by atoms with E-state index in [1.807, 2.05) is 0 Å². The van der Waals surface area contributed by atoms with Crippen LogP contribution >= 0.6 is 0 Å². The lowest BCUT2D eigenvalue weighted by atomic mass is 10.2. The lowest BCUT2D eigenvalue weighted by Gasteiger charge is -2.23. The first-order chi connectivity index (χ1) is 6.29. The topological polar surface area (TPSA) is 66.8 Å². The minimum atomic E-state index is -0.755. The Morgan fingerprint density at radius 3 is 2.50 bits per heavy atom. The van der Waals surface area contributed by atoms with Gasteiger partial charge >= 0.3 is 6.09 Å². The van der Waals surface area contributed by atoms with Crippen LogP contribution in [-0.2, 0) is 9.53 Å². The standard InChI is InChI=1S/C9H15NO4/c1-9(2,3)14-8(13)10-5-6(11)4-7(10)12/h6,11H,4-5H2,1-3H3. The van der Waals surface area contributed by atoms with Gasteiger partial charge in [-0.25, -0.2) is 9.69 Å². The molecule has 1 unspecified atom stereocenters. The number of likely N-dealkylation sites (tertiary alicyclic amines) is 1. The molecule has 0 aromatic rings. The quantitative estimate of drug-likeness (QED) is 0.620. The number of rotatable bonds is 0. The van der Waals surface area contributed by atoms with Crippen molar-refractivity contribution in [3.8, 4) is 0 Å². The number of hydrogen-bond acceptors (Lipinski definition) is 4. The van der Waals surface area contributed by atoms with Crippen LogP contribution in [0.1, 0.15) is 27.2 Å². The van der Waals surface area contributed by atoms with E-state index in [1.165, 1.54) is 0 Å². The molecule has 5 nitrogen and oxygen atoms in total. The summed E-state index contributed by atoms with van der Waals surface area (Å²) in [6.07, 6.45) is -1.44. The van der Waals surface area contributed by atoms with Crippen LogP contribution in [0.4, 0.5) is 4.79 Å². The molecular weight excluding hydrogens is 186 g/mol. The van der Waals surface area contributed by atoms with E-state index in [9.17, 15) is 9.59 Å². The van der Waals surface area contributed by atoms with Gasteiger partial charge in [0.1, 0.15) is 5.60 Å². The summed E-state index contributed by atoms with van der Waals surface area (Å²) in [6, 6.07) is 0. The lowest BCUT2D eigenvalue weighted by Crippen LogP contribution is -2.38. The van der Waals surface area contributed by atoms with E-state index >= 15 is 0 Å². The van der Waals surface area contributed by atoms with Crippen molar-refractivity contribution in [1.29, 1.82) is 0 Å². The molecule has 1 heterocycles. The molecule has 2 amide bonds. The molecule has 1 rings (SSSR count). The Balaban J connectivity index is 2.58. The van der Waals surface area contributed by atoms with E-state index in [-0.39, 0.29) is 18.9 Å². The average molecular weight is 201 g/mol. The van der Waals surface area contributed by atoms with Crippen molar-refractivity contribution in [3.63, 3.8) is 0 Å². The van der Waals surface area contributed by atoms with Crippen molar-refractivity contribution in [2.75, 3.05) is 6.54 Å². The molecule has 1 N–H and O–H groups in total. The Kier molecular flexibility index (Phi) is 2.80. The maximum absolute atomic E-state index is 11.4. The van der Waals surface area contributed by atoms with E-state index in [2.05, 4.69) is 0 Å². The van der Waals surface area contributed by atoms with Crippen LogP contribution in [0.15, 0.2) is 0 Å². The fraction of sp³-hybridized carbons (Fsp3) is 0.778. The third kappa shape index (κ3) is 2.70. The summed E-state index contributed by atoms with van der Waals surface area (Å²) in [6.45, 7) is 5.21. The van der Waals surface area contributed by atoms with Crippen LogP contribution < -0.4 is 0 Å². The van der Waals surface area contributed by atoms with Gasteiger partial charge in [-0.3, -0.25) is 4.79 Å². The second-order valence-electron chi connectivity index (χ2n) is 4.34. The van der Waals surface area contributed by atoms with Crippen LogP contribution in [0.2, 0.25) is 0 Å². The van der Waals surface area contributed by atoms with Gasteiger partial charge in [0.25, 0.3) is 0 Å². The van der Waals surface area contributed by atoms with Gasteiger partial charge in [-0.2, -0.15) is 0 Å². The second kappa shape index (κ2) is 3.57. The van der Waals surface area contributed by atoms with Crippen molar-refractivity contribution in [1.82, 2.24) is 4.90 Å². The van der Waals surface area contributed by atoms with Gasteiger partial charge in [0.2, 0.25) is 5.91 Å². The predicted molar refractivity (Wildman–Crippen MR) is 48.6 cm³/mol. The van der Waals surface area contributed by atoms with Gasteiger partial charge in [-0.1, -0.05) is 0 Å². The molecule has 0 aromatic carbocycles. The molecule has 1 fully saturated rings. The van der Waals surface area contributed by atoms with E-state index < -0.39 is 17.8 Å². The minimum Gasteiger partial charge on any atom is -0.443 e. The van der Waals surface area contributed by atoms with Crippen LogP contribution in [0.3, 0.4) is 0 Å². The van der Waals surface area contributed by atoms with Crippen LogP contribution in [0, 0.1) is 0 Å². The SMILES string of the molecule is CC(C)(C)OC(=O)N1CC(O)CC1=O. The highest BCUT2D eigenvalue weighted by atomic mass is 16.6. The minimum absolute atomic E-state index is 0.000751. The molecule has 1 aliphatic heterocycles. The van der Waals surface area contributed by atoms with Crippen molar-refractivity contribution >= 4 is 12.0 Å². The first-order valence-corrected chi connectivity index (χ1v) is 4.51. The first-order valence-electron chi connectivity index (χ1n) is 4.51. The first kappa shape index (κ1) is 11.0. The molecule has 0 aliphatic carbocycles. The Labute approximate surface area is 82.6 Å². The molecule has 0 bridgehead atoms. The summed E-state index contributed by atoms with van der Waals surface area (Å²) in [5, 5.41) is 9.15. The van der Waals surface area contributed by atoms with Gasteiger partial charge < -0.3 is 9.84 Å². The van der Waals surface area contributed by atoms with Gasteiger partial charge in [-0.05, 0) is 20.8 Å². The average Bonchev–Trinajstić information content (AvgIpc) is 2.26. The number of nitrogens with zero attached hydrogens (tertiary/aromatic N) is 1. The highest BCUT2D eigenvalue weighted by Crippen LogP contribution is 2.16. The Hall–Kier alpha value is -1.10. The van der Waals surface area contributed by atoms with Crippen LogP contribution in [0.5, 0.6) is 0 Å². The van der Waals surface area contributed by atoms with Crippen molar-refractivity contribution in [3.05, 3.63) is 0 Å². The molecule has 14 heavy (non-hydrogen) atoms. The summed E-state index contributed by atoms with van der Waals surface area (Å²) < 4.78 is 5.00. The fourth-order valence-electron chi connectivity index (χ4n) is 1.18. The van der Waals surface area contributed by atoms with Crippen molar-refractivity contribution in [2.45, 2.75) is 38.9 Å². The molecule has 0 aromatic heterocycles. The second-order valence-corrected chi connectivity index (χ2v) is 4.34. The zero-order chi connectivity index (χ0) is 10.9. The fourth-order valence-corrected chi connectivity index (χ4v) is 1.18. The number of hydrogen-bond donors (Lipinski definition) is 1. The summed E-state index contributed by atoms with van der Waals surface area (Å²) in [7, 11) is 0. The van der Waals surface area contributed by atoms with Crippen molar-refractivity contribution in [2.24, 2.45) is 0 Å². The van der Waals surface area contributed by atoms with E-state index in [0.717, 1.165) is 4.90 Å². The number of β-amino-alcohol motifs (C(OH)–C–C–N with tert-alkyl or cyclic N) is 1. The summed E-state index contributed by atoms with van der Waals surface area (Å²) in [5.41, 5.74) is -0.620. The number of aliphatic hydroxyl groups is 1. The molecule has 80 valence electrons. The number of ether oxygens (including phenoxy) is 1. The summed E-state index contributed by atoms with van der Waals surface area (Å²) >= 11 is 0. The van der Waals surface area contributed by atoms with E-state index in [0.29, 0.717) is 0 Å². The van der Waals surface area contributed by atoms with Gasteiger partial charge in [0.15, 0.2) is 0 Å². The largest absolute Gasteiger partial charge is 0.443 e. The summed E-state index contributed by atoms with van der Waals surface area (Å²) in [5.74, 6) is -0.383. The Morgan fingerprint density at radius 2 is 2.14 bits per heavy atom. The van der Waals surface area contributed by atoms with E-state index in [1.54, 1.807) is 20.8 Å². The molecule has 5 heteroatoms. The zero-order valence-corrected chi connectivity index (χ0v) is 8.61. The number of aliphatic hydroxyl groups excluding tert-OH is 1. The van der Waals surface area contributed by atoms with Gasteiger partial charge in [-0.15, -0.1) is 0 Å². The highest BCUT2D eigenvalue weighted by molar-refractivity contribution is 5.94. The van der Waals surface area contributed by atoms with Gasteiger partial charge in [0, 0.05) is 0 Å². The molecule has 0 saturated carbocycles. The molecule has 0 spiro atoms. The molecular formula is C9H15NO4. The molecule has 0 radical (unpaired) electrons. The lowest BCUT2D eigenvalue weighted by molar-refractivity contribution is -0.127. The third-order valence-corrected chi connectivity index (χ3v) is 1.72. The van der Waals surface area contributed by atoms with Gasteiger partial charge in [0.05, 0.1) is 19.1 Å². The van der Waals surface area contributed by atoms with Crippen molar-refractivity contribution < 1.29 is 19.4 Å². The zero-order valence-electron chi connectivity index (χ0n) is 8.61. The number of carbonyl (C=O) groups excluding carboxylic acids is 2. The molecule has 1 saturated heterocycles. The third-order valence-electron chi connectivity index (χ3n) is 1.72. The normalized spacial score (nSPS) is 22.7. The predicted octanol–water partition coefficient (Wildman–Crippen LogP) is 0.515. The maximum atomic E-state index is 11.4. The Bertz CT molecular complexity index is 256. The number of carbonyl (C=O) groups is 2. The Morgan fingerprint density at radius 1 is 1.57 bits per heavy atom. The molecule has 1 atom stereocenters. The van der Waals surface area contributed by atoms with Crippen LogP contribution in [-0.4, -0.2) is 40.3 Å². The summed E-state index contributed by atoms with van der Waals surface area (Å²) in [4.78, 5) is 23.5.